The molecule has 0 saturated carbocycles. The molecule has 0 aromatic rings. The minimum atomic E-state index is -3.87. The minimum Gasteiger partial charge on any atom is -0.288 e. The molecule has 116 valence electrons. The Morgan fingerprint density at radius 1 is 1.19 bits per heavy atom. The van der Waals surface area contributed by atoms with Gasteiger partial charge < -0.3 is 0 Å². The van der Waals surface area contributed by atoms with E-state index >= 15 is 0 Å². The first kappa shape index (κ1) is 15.3. The number of allylic oxidation sites excluding steroid dienone is 3. The molecule has 0 aromatic carbocycles. The zero-order chi connectivity index (χ0) is 14.9. The van der Waals surface area contributed by atoms with Crippen LogP contribution in [0.1, 0.15) is 19.3 Å². The Morgan fingerprint density at radius 2 is 2.00 bits per heavy atom. The molecule has 1 N–H and O–H groups in total. The molecule has 1 saturated heterocycles. The fourth-order valence-electron chi connectivity index (χ4n) is 3.39. The summed E-state index contributed by atoms with van der Waals surface area (Å²) in [7, 11) is -3.87. The van der Waals surface area contributed by atoms with Gasteiger partial charge in [0.2, 0.25) is 0 Å². The van der Waals surface area contributed by atoms with Crippen LogP contribution >= 0.6 is 11.8 Å². The summed E-state index contributed by atoms with van der Waals surface area (Å²) < 4.78 is 30.8. The van der Waals surface area contributed by atoms with Gasteiger partial charge in [-0.3, -0.25) is 9.45 Å². The van der Waals surface area contributed by atoms with Crippen molar-refractivity contribution in [1.82, 2.24) is 4.90 Å². The van der Waals surface area contributed by atoms with Gasteiger partial charge in [-0.05, 0) is 19.3 Å². The van der Waals surface area contributed by atoms with E-state index in [4.69, 9.17) is 4.55 Å². The minimum absolute atomic E-state index is 0.158. The highest BCUT2D eigenvalue weighted by Crippen LogP contribution is 2.41. The molecule has 3 aliphatic rings. The van der Waals surface area contributed by atoms with Gasteiger partial charge in [0.05, 0.1) is 5.75 Å². The van der Waals surface area contributed by atoms with Crippen LogP contribution in [0.5, 0.6) is 0 Å². The average molecular weight is 327 g/mol. The van der Waals surface area contributed by atoms with Crippen LogP contribution in [-0.4, -0.2) is 52.8 Å². The number of thioether (sulfide) groups is 1. The maximum atomic E-state index is 10.9. The van der Waals surface area contributed by atoms with Crippen molar-refractivity contribution >= 4 is 21.9 Å². The van der Waals surface area contributed by atoms with Crippen molar-refractivity contribution in [3.8, 4) is 0 Å². The topological polar surface area (TPSA) is 57.6 Å². The summed E-state index contributed by atoms with van der Waals surface area (Å²) in [5.41, 5.74) is 0. The van der Waals surface area contributed by atoms with Crippen molar-refractivity contribution < 1.29 is 13.0 Å². The third kappa shape index (κ3) is 3.62. The van der Waals surface area contributed by atoms with Gasteiger partial charge in [0.15, 0.2) is 0 Å². The van der Waals surface area contributed by atoms with E-state index in [0.29, 0.717) is 35.5 Å². The molecule has 1 fully saturated rings. The molecule has 0 spiro atoms. The summed E-state index contributed by atoms with van der Waals surface area (Å²) in [6, 6.07) is 0.702. The predicted octanol–water partition coefficient (Wildman–Crippen LogP) is 2.26. The smallest absolute Gasteiger partial charge is 0.264 e. The normalized spacial score (nSPS) is 35.5. The molecular weight excluding hydrogens is 306 g/mol. The largest absolute Gasteiger partial charge is 0.288 e. The van der Waals surface area contributed by atoms with Crippen LogP contribution in [0.15, 0.2) is 36.5 Å². The van der Waals surface area contributed by atoms with E-state index in [2.05, 4.69) is 41.4 Å². The summed E-state index contributed by atoms with van der Waals surface area (Å²) in [6.07, 6.45) is 15.9. The van der Waals surface area contributed by atoms with E-state index < -0.39 is 10.1 Å². The second-order valence-corrected chi connectivity index (χ2v) is 8.77. The molecule has 3 rings (SSSR count). The number of fused-ring (bicyclic) bond motifs is 2. The van der Waals surface area contributed by atoms with Gasteiger partial charge in [0.25, 0.3) is 10.1 Å². The number of hydrogen-bond acceptors (Lipinski definition) is 4. The third-order valence-corrected chi connectivity index (χ3v) is 6.72. The molecule has 1 aliphatic heterocycles. The van der Waals surface area contributed by atoms with Crippen LogP contribution in [0.4, 0.5) is 0 Å². The molecule has 6 heteroatoms. The first-order valence-corrected chi connectivity index (χ1v) is 9.98. The zero-order valence-electron chi connectivity index (χ0n) is 11.8. The van der Waals surface area contributed by atoms with Crippen LogP contribution in [0.25, 0.3) is 0 Å². The van der Waals surface area contributed by atoms with Gasteiger partial charge in [-0.2, -0.15) is 8.42 Å². The Balaban J connectivity index is 1.75. The lowest BCUT2D eigenvalue weighted by Crippen LogP contribution is -2.56. The Bertz CT molecular complexity index is 565. The maximum absolute atomic E-state index is 10.9. The summed E-state index contributed by atoms with van der Waals surface area (Å²) >= 11 is 2.04. The van der Waals surface area contributed by atoms with Crippen molar-refractivity contribution in [2.24, 2.45) is 0 Å². The highest BCUT2D eigenvalue weighted by Gasteiger charge is 2.41. The number of rotatable bonds is 4. The van der Waals surface area contributed by atoms with Gasteiger partial charge >= 0.3 is 0 Å². The Kier molecular flexibility index (Phi) is 4.59. The monoisotopic (exact) mass is 327 g/mol. The first-order chi connectivity index (χ1) is 10.0. The lowest BCUT2D eigenvalue weighted by molar-refractivity contribution is 0.172. The molecule has 4 atom stereocenters. The van der Waals surface area contributed by atoms with E-state index in [-0.39, 0.29) is 5.75 Å². The second kappa shape index (κ2) is 6.28. The summed E-state index contributed by atoms with van der Waals surface area (Å²) in [6.45, 7) is 0.700. The highest BCUT2D eigenvalue weighted by molar-refractivity contribution is 8.00. The van der Waals surface area contributed by atoms with E-state index in [0.717, 1.165) is 6.42 Å². The lowest BCUT2D eigenvalue weighted by atomic mass is 9.95. The van der Waals surface area contributed by atoms with Gasteiger partial charge in [-0.25, -0.2) is 0 Å². The van der Waals surface area contributed by atoms with Crippen molar-refractivity contribution in [1.29, 1.82) is 0 Å². The maximum Gasteiger partial charge on any atom is 0.264 e. The van der Waals surface area contributed by atoms with Crippen LogP contribution in [-0.2, 0) is 10.1 Å². The Labute approximate surface area is 130 Å². The Hall–Kier alpha value is -0.560. The zero-order valence-corrected chi connectivity index (χ0v) is 13.5. The molecule has 0 bridgehead atoms. The summed E-state index contributed by atoms with van der Waals surface area (Å²) in [4.78, 5) is 2.41. The summed E-state index contributed by atoms with van der Waals surface area (Å²) in [5.74, 6) is -0.158. The molecule has 0 aromatic heterocycles. The quantitative estimate of drug-likeness (QED) is 0.634. The molecule has 21 heavy (non-hydrogen) atoms. The van der Waals surface area contributed by atoms with Crippen molar-refractivity contribution in [2.45, 2.75) is 41.8 Å². The van der Waals surface area contributed by atoms with Crippen molar-refractivity contribution in [3.05, 3.63) is 36.5 Å². The Morgan fingerprint density at radius 3 is 2.81 bits per heavy atom. The van der Waals surface area contributed by atoms with Crippen molar-refractivity contribution in [3.63, 3.8) is 0 Å². The molecule has 0 radical (unpaired) electrons. The average Bonchev–Trinajstić information content (AvgIpc) is 2.45. The number of hydrogen-bond donors (Lipinski definition) is 1. The second-order valence-electron chi connectivity index (χ2n) is 5.77. The SMILES string of the molecule is O=S(=O)(O)CCCN1C2C=CC=CC2SC2CCC=CC21. The molecule has 0 amide bonds. The molecule has 4 unspecified atom stereocenters. The highest BCUT2D eigenvalue weighted by atomic mass is 32.2. The third-order valence-electron chi connectivity index (χ3n) is 4.31. The molecule has 1 heterocycles. The van der Waals surface area contributed by atoms with Crippen LogP contribution in [0.2, 0.25) is 0 Å². The predicted molar refractivity (Wildman–Crippen MR) is 87.1 cm³/mol. The van der Waals surface area contributed by atoms with Gasteiger partial charge in [-0.1, -0.05) is 36.5 Å². The van der Waals surface area contributed by atoms with E-state index in [9.17, 15) is 8.42 Å². The first-order valence-electron chi connectivity index (χ1n) is 7.43. The van der Waals surface area contributed by atoms with Gasteiger partial charge in [0, 0.05) is 29.1 Å². The van der Waals surface area contributed by atoms with Gasteiger partial charge in [0.1, 0.15) is 0 Å². The molecular formula is C15H21NO3S2. The van der Waals surface area contributed by atoms with Gasteiger partial charge in [-0.15, -0.1) is 11.8 Å². The fraction of sp³-hybridized carbons (Fsp3) is 0.600. The van der Waals surface area contributed by atoms with Crippen molar-refractivity contribution in [2.75, 3.05) is 12.3 Å². The van der Waals surface area contributed by atoms with E-state index in [1.165, 1.54) is 6.42 Å². The van der Waals surface area contributed by atoms with Crippen LogP contribution < -0.4 is 0 Å². The summed E-state index contributed by atoms with van der Waals surface area (Å²) in [5, 5.41) is 1.03. The van der Waals surface area contributed by atoms with Crippen LogP contribution in [0.3, 0.4) is 0 Å². The number of nitrogens with zero attached hydrogens (tertiary/aromatic N) is 1. The van der Waals surface area contributed by atoms with E-state index in [1.807, 2.05) is 11.8 Å². The lowest BCUT2D eigenvalue weighted by Gasteiger charge is -2.49. The van der Waals surface area contributed by atoms with E-state index in [1.54, 1.807) is 0 Å². The fourth-order valence-corrected chi connectivity index (χ4v) is 5.56. The standard InChI is InChI=1S/C15H21NO3S2/c17-21(18,19)11-5-10-16-12-6-1-3-8-14(12)20-15-9-4-2-7-13(15)16/h1-3,6-8,12-15H,4-5,9-11H2,(H,17,18,19). The molecule has 4 nitrogen and oxygen atoms in total. The van der Waals surface area contributed by atoms with Crippen LogP contribution in [0, 0.1) is 0 Å². The molecule has 2 aliphatic carbocycles.